The number of hydrogen-bond donors (Lipinski definition) is 1. The van der Waals surface area contributed by atoms with Crippen LogP contribution < -0.4 is 0 Å². The van der Waals surface area contributed by atoms with E-state index in [4.69, 9.17) is 0 Å². The predicted molar refractivity (Wildman–Crippen MR) is 72.1 cm³/mol. The van der Waals surface area contributed by atoms with Crippen LogP contribution in [0, 0.1) is 19.3 Å². The average Bonchev–Trinajstić information content (AvgIpc) is 2.26. The molecule has 0 saturated heterocycles. The van der Waals surface area contributed by atoms with Crippen molar-refractivity contribution in [3.63, 3.8) is 0 Å². The van der Waals surface area contributed by atoms with Gasteiger partial charge in [-0.2, -0.15) is 0 Å². The van der Waals surface area contributed by atoms with Gasteiger partial charge in [0.1, 0.15) is 0 Å². The van der Waals surface area contributed by atoms with E-state index in [1.165, 1.54) is 11.1 Å². The van der Waals surface area contributed by atoms with Gasteiger partial charge in [-0.15, -0.1) is 0 Å². The fourth-order valence-electron chi connectivity index (χ4n) is 2.85. The Hall–Kier alpha value is -0.820. The molecule has 0 heterocycles. The quantitative estimate of drug-likeness (QED) is 0.773. The largest absolute Gasteiger partial charge is 0.385 e. The van der Waals surface area contributed by atoms with Gasteiger partial charge in [-0.3, -0.25) is 0 Å². The highest BCUT2D eigenvalue weighted by Gasteiger charge is 2.38. The maximum absolute atomic E-state index is 10.9. The van der Waals surface area contributed by atoms with E-state index in [0.717, 1.165) is 31.2 Å². The second-order valence-corrected chi connectivity index (χ2v) is 6.51. The van der Waals surface area contributed by atoms with Gasteiger partial charge < -0.3 is 5.11 Å². The molecule has 0 amide bonds. The molecular formula is C16H24O. The molecule has 0 unspecified atom stereocenters. The summed E-state index contributed by atoms with van der Waals surface area (Å²) < 4.78 is 0. The summed E-state index contributed by atoms with van der Waals surface area (Å²) in [6.45, 7) is 8.80. The van der Waals surface area contributed by atoms with Crippen molar-refractivity contribution in [1.82, 2.24) is 0 Å². The zero-order valence-corrected chi connectivity index (χ0v) is 11.5. The zero-order chi connectivity index (χ0) is 12.7. The van der Waals surface area contributed by atoms with Gasteiger partial charge >= 0.3 is 0 Å². The third-order valence-corrected chi connectivity index (χ3v) is 4.33. The monoisotopic (exact) mass is 232 g/mol. The van der Waals surface area contributed by atoms with Crippen LogP contribution in [0.25, 0.3) is 0 Å². The van der Waals surface area contributed by atoms with Crippen LogP contribution in [-0.2, 0) is 5.60 Å². The lowest BCUT2D eigenvalue weighted by Crippen LogP contribution is -2.35. The van der Waals surface area contributed by atoms with Crippen molar-refractivity contribution in [3.05, 3.63) is 34.9 Å². The standard InChI is InChI=1S/C16H24O/c1-12-5-6-13(2)14(11-12)16(17)9-7-15(3,4)8-10-16/h5-6,11,17H,7-10H2,1-4H3. The summed E-state index contributed by atoms with van der Waals surface area (Å²) in [6, 6.07) is 6.41. The van der Waals surface area contributed by atoms with Crippen molar-refractivity contribution >= 4 is 0 Å². The van der Waals surface area contributed by atoms with Gasteiger partial charge in [0.15, 0.2) is 0 Å². The Labute approximate surface area is 105 Å². The van der Waals surface area contributed by atoms with Gasteiger partial charge in [0.2, 0.25) is 0 Å². The van der Waals surface area contributed by atoms with E-state index in [9.17, 15) is 5.11 Å². The van der Waals surface area contributed by atoms with Crippen molar-refractivity contribution in [2.75, 3.05) is 0 Å². The lowest BCUT2D eigenvalue weighted by atomic mass is 9.68. The summed E-state index contributed by atoms with van der Waals surface area (Å²) in [5, 5.41) is 10.9. The number of hydrogen-bond acceptors (Lipinski definition) is 1. The first-order valence-corrected chi connectivity index (χ1v) is 6.63. The van der Waals surface area contributed by atoms with Crippen molar-refractivity contribution in [2.24, 2.45) is 5.41 Å². The summed E-state index contributed by atoms with van der Waals surface area (Å²) in [5.41, 5.74) is 3.41. The molecule has 1 heteroatoms. The number of aliphatic hydroxyl groups is 1. The van der Waals surface area contributed by atoms with Crippen LogP contribution in [0.2, 0.25) is 0 Å². The van der Waals surface area contributed by atoms with E-state index in [1.807, 2.05) is 0 Å². The molecule has 0 atom stereocenters. The lowest BCUT2D eigenvalue weighted by molar-refractivity contribution is -0.0310. The second kappa shape index (κ2) is 4.13. The molecule has 1 N–H and O–H groups in total. The lowest BCUT2D eigenvalue weighted by Gasteiger charge is -2.41. The van der Waals surface area contributed by atoms with E-state index < -0.39 is 5.60 Å². The molecule has 0 radical (unpaired) electrons. The molecule has 1 nitrogen and oxygen atoms in total. The summed E-state index contributed by atoms with van der Waals surface area (Å²) in [6.07, 6.45) is 4.00. The number of rotatable bonds is 1. The summed E-state index contributed by atoms with van der Waals surface area (Å²) in [5.74, 6) is 0. The molecule has 17 heavy (non-hydrogen) atoms. The highest BCUT2D eigenvalue weighted by Crippen LogP contribution is 2.45. The molecule has 94 valence electrons. The summed E-state index contributed by atoms with van der Waals surface area (Å²) in [4.78, 5) is 0. The molecule has 2 rings (SSSR count). The van der Waals surface area contributed by atoms with Gasteiger partial charge in [0.25, 0.3) is 0 Å². The molecular weight excluding hydrogens is 208 g/mol. The van der Waals surface area contributed by atoms with Crippen molar-refractivity contribution in [2.45, 2.75) is 59.0 Å². The molecule has 1 aromatic rings. The highest BCUT2D eigenvalue weighted by molar-refractivity contribution is 5.35. The Balaban J connectivity index is 2.30. The first-order valence-electron chi connectivity index (χ1n) is 6.63. The third-order valence-electron chi connectivity index (χ3n) is 4.33. The summed E-state index contributed by atoms with van der Waals surface area (Å²) in [7, 11) is 0. The van der Waals surface area contributed by atoms with Crippen LogP contribution in [-0.4, -0.2) is 5.11 Å². The van der Waals surface area contributed by atoms with E-state index in [-0.39, 0.29) is 0 Å². The molecule has 0 aromatic heterocycles. The van der Waals surface area contributed by atoms with Crippen LogP contribution in [0.15, 0.2) is 18.2 Å². The maximum Gasteiger partial charge on any atom is 0.0899 e. The fourth-order valence-corrected chi connectivity index (χ4v) is 2.85. The van der Waals surface area contributed by atoms with Gasteiger partial charge in [0.05, 0.1) is 5.60 Å². The highest BCUT2D eigenvalue weighted by atomic mass is 16.3. The van der Waals surface area contributed by atoms with E-state index in [2.05, 4.69) is 45.9 Å². The molecule has 0 spiro atoms. The van der Waals surface area contributed by atoms with Crippen LogP contribution in [0.1, 0.15) is 56.2 Å². The molecule has 1 fully saturated rings. The number of benzene rings is 1. The molecule has 1 saturated carbocycles. The Kier molecular flexibility index (Phi) is 3.07. The fraction of sp³-hybridized carbons (Fsp3) is 0.625. The van der Waals surface area contributed by atoms with Crippen LogP contribution >= 0.6 is 0 Å². The second-order valence-electron chi connectivity index (χ2n) is 6.51. The van der Waals surface area contributed by atoms with E-state index >= 15 is 0 Å². The number of aryl methyl sites for hydroxylation is 2. The smallest absolute Gasteiger partial charge is 0.0899 e. The Bertz CT molecular complexity index is 408. The Morgan fingerprint density at radius 3 is 2.18 bits per heavy atom. The predicted octanol–water partition coefficient (Wildman–Crippen LogP) is 4.09. The van der Waals surface area contributed by atoms with Gasteiger partial charge in [-0.05, 0) is 56.1 Å². The van der Waals surface area contributed by atoms with Crippen molar-refractivity contribution in [1.29, 1.82) is 0 Å². The molecule has 1 aliphatic rings. The van der Waals surface area contributed by atoms with Gasteiger partial charge in [-0.25, -0.2) is 0 Å². The minimum absolute atomic E-state index is 0.393. The van der Waals surface area contributed by atoms with Gasteiger partial charge in [-0.1, -0.05) is 37.6 Å². The van der Waals surface area contributed by atoms with Crippen LogP contribution in [0.5, 0.6) is 0 Å². The molecule has 1 aromatic carbocycles. The van der Waals surface area contributed by atoms with Gasteiger partial charge in [0, 0.05) is 0 Å². The Morgan fingerprint density at radius 2 is 1.59 bits per heavy atom. The van der Waals surface area contributed by atoms with Crippen molar-refractivity contribution in [3.8, 4) is 0 Å². The zero-order valence-electron chi connectivity index (χ0n) is 11.5. The van der Waals surface area contributed by atoms with E-state index in [0.29, 0.717) is 5.41 Å². The average molecular weight is 232 g/mol. The van der Waals surface area contributed by atoms with E-state index in [1.54, 1.807) is 0 Å². The molecule has 1 aliphatic carbocycles. The Morgan fingerprint density at radius 1 is 1.00 bits per heavy atom. The van der Waals surface area contributed by atoms with Crippen LogP contribution in [0.3, 0.4) is 0 Å². The minimum Gasteiger partial charge on any atom is -0.385 e. The minimum atomic E-state index is -0.592. The van der Waals surface area contributed by atoms with Crippen LogP contribution in [0.4, 0.5) is 0 Å². The molecule has 0 aliphatic heterocycles. The SMILES string of the molecule is Cc1ccc(C)c(C2(O)CCC(C)(C)CC2)c1. The topological polar surface area (TPSA) is 20.2 Å². The first kappa shape index (κ1) is 12.6. The van der Waals surface area contributed by atoms with Crippen molar-refractivity contribution < 1.29 is 5.11 Å². The molecule has 0 bridgehead atoms. The summed E-state index contributed by atoms with van der Waals surface area (Å²) >= 11 is 0. The first-order chi connectivity index (χ1) is 7.82. The third kappa shape index (κ3) is 2.55. The normalized spacial score (nSPS) is 22.4. The maximum atomic E-state index is 10.9.